The van der Waals surface area contributed by atoms with Crippen LogP contribution in [-0.4, -0.2) is 22.0 Å². The molecule has 5 nitrogen and oxygen atoms in total. The van der Waals surface area contributed by atoms with Crippen LogP contribution in [0.5, 0.6) is 0 Å². The van der Waals surface area contributed by atoms with Crippen LogP contribution in [0.15, 0.2) is 18.3 Å². The molecule has 0 aliphatic rings. The van der Waals surface area contributed by atoms with Gasteiger partial charge in [0.1, 0.15) is 0 Å². The summed E-state index contributed by atoms with van der Waals surface area (Å²) in [5.41, 5.74) is 1.79. The number of carbonyl (C=O) groups is 2. The first-order valence-electron chi connectivity index (χ1n) is 5.84. The molecule has 0 saturated carbocycles. The van der Waals surface area contributed by atoms with Crippen LogP contribution < -0.4 is 5.32 Å². The van der Waals surface area contributed by atoms with Gasteiger partial charge in [-0.25, -0.2) is 0 Å². The minimum atomic E-state index is -0.966. The second kappa shape index (κ2) is 6.14. The number of carboxylic acid groups (broad SMARTS) is 1. The Morgan fingerprint density at radius 2 is 2.06 bits per heavy atom. The largest absolute Gasteiger partial charge is 0.481 e. The van der Waals surface area contributed by atoms with Gasteiger partial charge in [-0.1, -0.05) is 19.9 Å². The summed E-state index contributed by atoms with van der Waals surface area (Å²) in [6.07, 6.45) is 1.66. The molecule has 0 bridgehead atoms. The van der Waals surface area contributed by atoms with Crippen LogP contribution in [0.1, 0.15) is 25.1 Å². The predicted octanol–water partition coefficient (Wildman–Crippen LogP) is 1.36. The van der Waals surface area contributed by atoms with Crippen LogP contribution in [0.3, 0.4) is 0 Å². The van der Waals surface area contributed by atoms with E-state index >= 15 is 0 Å². The van der Waals surface area contributed by atoms with E-state index in [9.17, 15) is 9.59 Å². The third-order valence-corrected chi connectivity index (χ3v) is 3.10. The van der Waals surface area contributed by atoms with E-state index in [4.69, 9.17) is 5.11 Å². The van der Waals surface area contributed by atoms with Gasteiger partial charge in [0.05, 0.1) is 18.2 Å². The van der Waals surface area contributed by atoms with E-state index in [0.29, 0.717) is 6.54 Å². The summed E-state index contributed by atoms with van der Waals surface area (Å²) in [4.78, 5) is 26.7. The molecule has 1 aromatic heterocycles. The Morgan fingerprint density at radius 1 is 1.39 bits per heavy atom. The zero-order chi connectivity index (χ0) is 13.7. The van der Waals surface area contributed by atoms with Crippen LogP contribution in [0.25, 0.3) is 0 Å². The smallest absolute Gasteiger partial charge is 0.307 e. The van der Waals surface area contributed by atoms with E-state index in [2.05, 4.69) is 10.3 Å². The Morgan fingerprint density at radius 3 is 2.61 bits per heavy atom. The minimum absolute atomic E-state index is 0.269. The van der Waals surface area contributed by atoms with Crippen molar-refractivity contribution >= 4 is 11.9 Å². The van der Waals surface area contributed by atoms with Crippen LogP contribution in [0.4, 0.5) is 0 Å². The van der Waals surface area contributed by atoms with Crippen molar-refractivity contribution in [1.82, 2.24) is 10.3 Å². The monoisotopic (exact) mass is 250 g/mol. The Balaban J connectivity index is 2.56. The Bertz CT molecular complexity index is 446. The number of aromatic nitrogens is 1. The van der Waals surface area contributed by atoms with E-state index in [1.54, 1.807) is 13.1 Å². The van der Waals surface area contributed by atoms with E-state index in [1.807, 2.05) is 19.1 Å². The maximum absolute atomic E-state index is 11.8. The summed E-state index contributed by atoms with van der Waals surface area (Å²) >= 11 is 0. The third-order valence-electron chi connectivity index (χ3n) is 3.10. The number of aliphatic carboxylic acids is 1. The minimum Gasteiger partial charge on any atom is -0.481 e. The SMILES string of the molecule is Cc1cccnc1CNC(=O)C(C)C(C)C(=O)O. The molecule has 1 amide bonds. The van der Waals surface area contributed by atoms with Gasteiger partial charge in [-0.2, -0.15) is 0 Å². The van der Waals surface area contributed by atoms with Gasteiger partial charge < -0.3 is 10.4 Å². The molecule has 2 N–H and O–H groups in total. The molecule has 1 heterocycles. The molecule has 0 aliphatic carbocycles. The maximum Gasteiger partial charge on any atom is 0.307 e. The average Bonchev–Trinajstić information content (AvgIpc) is 2.35. The Hall–Kier alpha value is -1.91. The molecule has 1 aromatic rings. The number of hydrogen-bond acceptors (Lipinski definition) is 3. The lowest BCUT2D eigenvalue weighted by molar-refractivity contribution is -0.146. The highest BCUT2D eigenvalue weighted by Crippen LogP contribution is 2.11. The number of nitrogens with one attached hydrogen (secondary N) is 1. The third kappa shape index (κ3) is 3.55. The fourth-order valence-corrected chi connectivity index (χ4v) is 1.48. The molecular weight excluding hydrogens is 232 g/mol. The summed E-state index contributed by atoms with van der Waals surface area (Å²) in [5, 5.41) is 11.5. The quantitative estimate of drug-likeness (QED) is 0.827. The topological polar surface area (TPSA) is 79.3 Å². The fraction of sp³-hybridized carbons (Fsp3) is 0.462. The van der Waals surface area contributed by atoms with Gasteiger partial charge in [0.25, 0.3) is 0 Å². The Labute approximate surface area is 106 Å². The summed E-state index contributed by atoms with van der Waals surface area (Å²) < 4.78 is 0. The second-order valence-corrected chi connectivity index (χ2v) is 4.40. The normalized spacial score (nSPS) is 13.7. The molecule has 0 spiro atoms. The maximum atomic E-state index is 11.8. The molecule has 0 aromatic carbocycles. The first kappa shape index (κ1) is 14.2. The lowest BCUT2D eigenvalue weighted by atomic mass is 9.95. The summed E-state index contributed by atoms with van der Waals surface area (Å²) in [7, 11) is 0. The number of nitrogens with zero attached hydrogens (tertiary/aromatic N) is 1. The van der Waals surface area contributed by atoms with Crippen LogP contribution in [0.2, 0.25) is 0 Å². The first-order chi connectivity index (χ1) is 8.43. The summed E-state index contributed by atoms with van der Waals surface area (Å²) in [6, 6.07) is 3.74. The van der Waals surface area contributed by atoms with Gasteiger partial charge in [0.15, 0.2) is 0 Å². The molecular formula is C13H18N2O3. The lowest BCUT2D eigenvalue weighted by Gasteiger charge is -2.15. The van der Waals surface area contributed by atoms with Crippen molar-refractivity contribution in [2.75, 3.05) is 0 Å². The van der Waals surface area contributed by atoms with Crippen LogP contribution >= 0.6 is 0 Å². The van der Waals surface area contributed by atoms with E-state index < -0.39 is 17.8 Å². The van der Waals surface area contributed by atoms with E-state index in [0.717, 1.165) is 11.3 Å². The van der Waals surface area contributed by atoms with Gasteiger partial charge in [0.2, 0.25) is 5.91 Å². The highest BCUT2D eigenvalue weighted by Gasteiger charge is 2.25. The van der Waals surface area contributed by atoms with Crippen molar-refractivity contribution < 1.29 is 14.7 Å². The van der Waals surface area contributed by atoms with Crippen molar-refractivity contribution in [1.29, 1.82) is 0 Å². The summed E-state index contributed by atoms with van der Waals surface area (Å²) in [6.45, 7) is 5.37. The van der Waals surface area contributed by atoms with E-state index in [1.165, 1.54) is 6.92 Å². The number of rotatable bonds is 5. The first-order valence-corrected chi connectivity index (χ1v) is 5.84. The van der Waals surface area contributed by atoms with Gasteiger partial charge in [-0.3, -0.25) is 14.6 Å². The molecule has 2 atom stereocenters. The standard InChI is InChI=1S/C13H18N2O3/c1-8-5-4-6-14-11(8)7-15-12(16)9(2)10(3)13(17)18/h4-6,9-10H,7H2,1-3H3,(H,15,16)(H,17,18). The Kier molecular flexibility index (Phi) is 4.83. The number of amides is 1. The van der Waals surface area contributed by atoms with Gasteiger partial charge >= 0.3 is 5.97 Å². The highest BCUT2D eigenvalue weighted by atomic mass is 16.4. The average molecular weight is 250 g/mol. The zero-order valence-corrected chi connectivity index (χ0v) is 10.8. The highest BCUT2D eigenvalue weighted by molar-refractivity contribution is 5.84. The molecule has 1 rings (SSSR count). The number of aryl methyl sites for hydroxylation is 1. The van der Waals surface area contributed by atoms with Crippen molar-refractivity contribution in [2.45, 2.75) is 27.3 Å². The molecule has 0 radical (unpaired) electrons. The van der Waals surface area contributed by atoms with Crippen molar-refractivity contribution in [3.63, 3.8) is 0 Å². The molecule has 18 heavy (non-hydrogen) atoms. The van der Waals surface area contributed by atoms with Crippen molar-refractivity contribution in [2.24, 2.45) is 11.8 Å². The number of carbonyl (C=O) groups excluding carboxylic acids is 1. The molecule has 0 fully saturated rings. The van der Waals surface area contributed by atoms with E-state index in [-0.39, 0.29) is 5.91 Å². The number of hydrogen-bond donors (Lipinski definition) is 2. The molecule has 5 heteroatoms. The van der Waals surface area contributed by atoms with Gasteiger partial charge in [-0.15, -0.1) is 0 Å². The second-order valence-electron chi connectivity index (χ2n) is 4.40. The van der Waals surface area contributed by atoms with Crippen molar-refractivity contribution in [3.05, 3.63) is 29.6 Å². The number of pyridine rings is 1. The van der Waals surface area contributed by atoms with Crippen molar-refractivity contribution in [3.8, 4) is 0 Å². The van der Waals surface area contributed by atoms with Gasteiger partial charge in [-0.05, 0) is 18.6 Å². The molecule has 0 saturated heterocycles. The van der Waals surface area contributed by atoms with Crippen LogP contribution in [-0.2, 0) is 16.1 Å². The lowest BCUT2D eigenvalue weighted by Crippen LogP contribution is -2.35. The predicted molar refractivity (Wildman–Crippen MR) is 66.8 cm³/mol. The molecule has 2 unspecified atom stereocenters. The van der Waals surface area contributed by atoms with Crippen LogP contribution in [0, 0.1) is 18.8 Å². The van der Waals surface area contributed by atoms with Gasteiger partial charge in [0, 0.05) is 12.1 Å². The molecule has 98 valence electrons. The summed E-state index contributed by atoms with van der Waals surface area (Å²) in [5.74, 6) is -2.50. The number of carboxylic acids is 1. The fourth-order valence-electron chi connectivity index (χ4n) is 1.48. The zero-order valence-electron chi connectivity index (χ0n) is 10.8. The molecule has 0 aliphatic heterocycles.